The van der Waals surface area contributed by atoms with E-state index in [2.05, 4.69) is 207 Å². The highest BCUT2D eigenvalue weighted by Gasteiger charge is 2.15. The fraction of sp³-hybridized carbons (Fsp3) is 0.125. The summed E-state index contributed by atoms with van der Waals surface area (Å²) >= 11 is 0. The first-order valence-electron chi connectivity index (χ1n) is 17.7. The minimum atomic E-state index is 1.03. The third kappa shape index (κ3) is 7.11. The Morgan fingerprint density at radius 3 is 0.720 bits per heavy atom. The maximum absolute atomic E-state index is 2.33. The van der Waals surface area contributed by atoms with Crippen molar-refractivity contribution in [1.29, 1.82) is 0 Å². The summed E-state index contributed by atoms with van der Waals surface area (Å²) < 4.78 is 0. The van der Waals surface area contributed by atoms with Crippen LogP contribution in [0.5, 0.6) is 0 Å². The van der Waals surface area contributed by atoms with Gasteiger partial charge in [-0.2, -0.15) is 0 Å². The summed E-state index contributed by atoms with van der Waals surface area (Å²) in [4.78, 5) is 4.66. The molecule has 0 fully saturated rings. The zero-order chi connectivity index (χ0) is 34.5. The van der Waals surface area contributed by atoms with Gasteiger partial charge in [-0.3, -0.25) is 0 Å². The van der Waals surface area contributed by atoms with Gasteiger partial charge in [0.1, 0.15) is 0 Å². The van der Waals surface area contributed by atoms with E-state index in [0.29, 0.717) is 0 Å². The van der Waals surface area contributed by atoms with Crippen LogP contribution >= 0.6 is 0 Å². The smallest absolute Gasteiger partial charge is 0.0462 e. The van der Waals surface area contributed by atoms with E-state index in [9.17, 15) is 0 Å². The molecule has 0 atom stereocenters. The molecule has 0 N–H and O–H groups in total. The van der Waals surface area contributed by atoms with Gasteiger partial charge in [0.15, 0.2) is 0 Å². The summed E-state index contributed by atoms with van der Waals surface area (Å²) in [5.41, 5.74) is 16.9. The highest BCUT2D eigenvalue weighted by Crippen LogP contribution is 2.38. The Balaban J connectivity index is 1.12. The normalized spacial score (nSPS) is 11.0. The molecule has 2 nitrogen and oxygen atoms in total. The van der Waals surface area contributed by atoms with Crippen LogP contribution in [-0.2, 0) is 12.8 Å². The van der Waals surface area contributed by atoms with Crippen LogP contribution in [0.25, 0.3) is 22.3 Å². The van der Waals surface area contributed by atoms with Crippen molar-refractivity contribution in [3.05, 3.63) is 192 Å². The molecule has 0 spiro atoms. The molecule has 0 unspecified atom stereocenters. The van der Waals surface area contributed by atoms with E-state index in [-0.39, 0.29) is 0 Å². The first-order valence-corrected chi connectivity index (χ1v) is 17.7. The molecule has 0 aliphatic carbocycles. The van der Waals surface area contributed by atoms with Crippen LogP contribution in [-0.4, -0.2) is 0 Å². The Kier molecular flexibility index (Phi) is 9.62. The lowest BCUT2D eigenvalue weighted by atomic mass is 9.99. The van der Waals surface area contributed by atoms with E-state index in [1.807, 2.05) is 0 Å². The van der Waals surface area contributed by atoms with Crippen molar-refractivity contribution < 1.29 is 0 Å². The van der Waals surface area contributed by atoms with Gasteiger partial charge in [-0.25, -0.2) is 0 Å². The number of benzene rings is 7. The highest BCUT2D eigenvalue weighted by atomic mass is 15.1. The van der Waals surface area contributed by atoms with Crippen LogP contribution in [0, 0.1) is 13.8 Å². The quantitative estimate of drug-likeness (QED) is 0.146. The molecular weight excluding hydrogens is 605 g/mol. The Morgan fingerprint density at radius 1 is 0.280 bits per heavy atom. The van der Waals surface area contributed by atoms with Gasteiger partial charge in [0, 0.05) is 34.1 Å². The van der Waals surface area contributed by atoms with Crippen molar-refractivity contribution in [3.8, 4) is 22.3 Å². The Bertz CT molecular complexity index is 1970. The average Bonchev–Trinajstić information content (AvgIpc) is 3.18. The molecule has 0 aliphatic rings. The largest absolute Gasteiger partial charge is 0.311 e. The van der Waals surface area contributed by atoms with Crippen molar-refractivity contribution >= 4 is 34.1 Å². The number of nitrogens with zero attached hydrogens (tertiary/aromatic N) is 2. The number of aryl methyl sites for hydroxylation is 4. The van der Waals surface area contributed by atoms with Crippen molar-refractivity contribution in [1.82, 2.24) is 0 Å². The maximum atomic E-state index is 2.33. The molecule has 0 aliphatic heterocycles. The van der Waals surface area contributed by atoms with Crippen molar-refractivity contribution in [2.24, 2.45) is 0 Å². The van der Waals surface area contributed by atoms with Gasteiger partial charge in [0.05, 0.1) is 0 Å². The molecule has 2 heteroatoms. The molecule has 0 saturated heterocycles. The molecule has 0 saturated carbocycles. The Morgan fingerprint density at radius 2 is 0.480 bits per heavy atom. The minimum absolute atomic E-state index is 1.03. The SMILES string of the molecule is CCc1ccc(N(c2ccc(C)cc2)c2ccc(-c3ccc(-c4ccc(N(c5ccc(C)cc5)c5ccc(CC)cc5)cc4)cc3)cc2)cc1. The van der Waals surface area contributed by atoms with Crippen molar-refractivity contribution in [3.63, 3.8) is 0 Å². The van der Waals surface area contributed by atoms with E-state index in [1.54, 1.807) is 0 Å². The molecule has 0 radical (unpaired) electrons. The zero-order valence-electron chi connectivity index (χ0n) is 29.5. The van der Waals surface area contributed by atoms with Gasteiger partial charge in [0.2, 0.25) is 0 Å². The lowest BCUT2D eigenvalue weighted by molar-refractivity contribution is 1.14. The molecule has 246 valence electrons. The van der Waals surface area contributed by atoms with E-state index in [0.717, 1.165) is 47.0 Å². The number of anilines is 6. The fourth-order valence-electron chi connectivity index (χ4n) is 6.50. The summed E-state index contributed by atoms with van der Waals surface area (Å²) in [6.45, 7) is 8.66. The van der Waals surface area contributed by atoms with Gasteiger partial charge >= 0.3 is 0 Å². The first-order chi connectivity index (χ1) is 24.5. The topological polar surface area (TPSA) is 6.48 Å². The molecule has 7 rings (SSSR count). The standard InChI is InChI=1S/C48H44N2/c1-5-37-11-27-45(28-12-37)49(43-23-7-35(3)8-24-43)47-31-19-41(20-32-47)39-15-17-40(18-16-39)42-21-33-48(34-22-42)50(44-25-9-36(4)10-26-44)46-29-13-38(6-2)14-30-46/h7-34H,5-6H2,1-4H3. The maximum Gasteiger partial charge on any atom is 0.0462 e. The van der Waals surface area contributed by atoms with Crippen LogP contribution in [0.2, 0.25) is 0 Å². The van der Waals surface area contributed by atoms with E-state index < -0.39 is 0 Å². The van der Waals surface area contributed by atoms with Crippen molar-refractivity contribution in [2.75, 3.05) is 9.80 Å². The molecule has 0 bridgehead atoms. The summed E-state index contributed by atoms with van der Waals surface area (Å²) in [6.07, 6.45) is 2.06. The van der Waals surface area contributed by atoms with Gasteiger partial charge in [-0.15, -0.1) is 0 Å². The highest BCUT2D eigenvalue weighted by molar-refractivity contribution is 5.81. The third-order valence-electron chi connectivity index (χ3n) is 9.59. The second-order valence-corrected chi connectivity index (χ2v) is 13.1. The molecule has 0 aromatic heterocycles. The molecule has 7 aromatic carbocycles. The monoisotopic (exact) mass is 648 g/mol. The Labute approximate surface area is 297 Å². The minimum Gasteiger partial charge on any atom is -0.311 e. The van der Waals surface area contributed by atoms with E-state index in [1.165, 1.54) is 44.5 Å². The molecule has 0 heterocycles. The lowest BCUT2D eigenvalue weighted by Crippen LogP contribution is -2.10. The zero-order valence-corrected chi connectivity index (χ0v) is 29.5. The van der Waals surface area contributed by atoms with Crippen LogP contribution in [0.1, 0.15) is 36.1 Å². The summed E-state index contributed by atoms with van der Waals surface area (Å²) in [5, 5.41) is 0. The predicted octanol–water partition coefficient (Wildman–Crippen LogP) is 13.7. The predicted molar refractivity (Wildman–Crippen MR) is 215 cm³/mol. The van der Waals surface area contributed by atoms with Gasteiger partial charge in [0.25, 0.3) is 0 Å². The average molecular weight is 649 g/mol. The second kappa shape index (κ2) is 14.7. The molecule has 7 aromatic rings. The number of hydrogen-bond acceptors (Lipinski definition) is 2. The summed E-state index contributed by atoms with van der Waals surface area (Å²) in [5.74, 6) is 0. The van der Waals surface area contributed by atoms with Gasteiger partial charge in [-0.05, 0) is 133 Å². The first kappa shape index (κ1) is 32.7. The van der Waals surface area contributed by atoms with E-state index >= 15 is 0 Å². The van der Waals surface area contributed by atoms with Gasteiger partial charge < -0.3 is 9.80 Å². The van der Waals surface area contributed by atoms with Crippen LogP contribution in [0.4, 0.5) is 34.1 Å². The molecule has 50 heavy (non-hydrogen) atoms. The van der Waals surface area contributed by atoms with Crippen LogP contribution in [0.3, 0.4) is 0 Å². The molecule has 0 amide bonds. The number of rotatable bonds is 10. The Hall–Kier alpha value is -5.86. The molecular formula is C48H44N2. The summed E-state index contributed by atoms with van der Waals surface area (Å²) in [6, 6.07) is 62.1. The van der Waals surface area contributed by atoms with Crippen molar-refractivity contribution in [2.45, 2.75) is 40.5 Å². The van der Waals surface area contributed by atoms with Gasteiger partial charge in [-0.1, -0.05) is 122 Å². The second-order valence-electron chi connectivity index (χ2n) is 13.1. The third-order valence-corrected chi connectivity index (χ3v) is 9.59. The fourth-order valence-corrected chi connectivity index (χ4v) is 6.50. The van der Waals surface area contributed by atoms with Crippen LogP contribution in [0.15, 0.2) is 170 Å². The lowest BCUT2D eigenvalue weighted by Gasteiger charge is -2.26. The van der Waals surface area contributed by atoms with E-state index in [4.69, 9.17) is 0 Å². The van der Waals surface area contributed by atoms with Crippen LogP contribution < -0.4 is 9.80 Å². The summed E-state index contributed by atoms with van der Waals surface area (Å²) in [7, 11) is 0. The number of hydrogen-bond donors (Lipinski definition) is 0.